The van der Waals surface area contributed by atoms with Crippen LogP contribution >= 0.6 is 0 Å². The van der Waals surface area contributed by atoms with Gasteiger partial charge in [-0.25, -0.2) is 0 Å². The molecule has 0 bridgehead atoms. The predicted octanol–water partition coefficient (Wildman–Crippen LogP) is 1.01. The van der Waals surface area contributed by atoms with Crippen molar-refractivity contribution in [3.05, 3.63) is 0 Å². The van der Waals surface area contributed by atoms with Crippen LogP contribution in [-0.2, 0) is 9.53 Å². The summed E-state index contributed by atoms with van der Waals surface area (Å²) >= 11 is 0. The van der Waals surface area contributed by atoms with Crippen molar-refractivity contribution in [2.75, 3.05) is 13.2 Å². The lowest BCUT2D eigenvalue weighted by atomic mass is 9.86. The molecule has 0 aliphatic carbocycles. The van der Waals surface area contributed by atoms with Gasteiger partial charge in [0.25, 0.3) is 0 Å². The van der Waals surface area contributed by atoms with Gasteiger partial charge in [-0.1, -0.05) is 0 Å². The van der Waals surface area contributed by atoms with E-state index in [1.165, 1.54) is 6.42 Å². The minimum atomic E-state index is -0.712. The Hall–Kier alpha value is -0.610. The highest BCUT2D eigenvalue weighted by molar-refractivity contribution is 5.73. The van der Waals surface area contributed by atoms with Crippen LogP contribution in [0, 0.1) is 5.92 Å². The molecule has 0 radical (unpaired) electrons. The molecule has 2 N–H and O–H groups in total. The first-order valence-electron chi connectivity index (χ1n) is 5.84. The number of piperidine rings is 1. The molecule has 0 aromatic carbocycles. The van der Waals surface area contributed by atoms with Crippen molar-refractivity contribution in [2.24, 2.45) is 5.92 Å². The molecule has 0 amide bonds. The van der Waals surface area contributed by atoms with E-state index in [-0.39, 0.29) is 6.04 Å². The van der Waals surface area contributed by atoms with E-state index in [1.807, 2.05) is 0 Å². The molecule has 4 nitrogen and oxygen atoms in total. The van der Waals surface area contributed by atoms with E-state index in [1.54, 1.807) is 0 Å². The minimum Gasteiger partial charge on any atom is -0.480 e. The molecule has 2 saturated heterocycles. The van der Waals surface area contributed by atoms with Crippen molar-refractivity contribution in [1.82, 2.24) is 5.32 Å². The van der Waals surface area contributed by atoms with Crippen LogP contribution < -0.4 is 5.32 Å². The summed E-state index contributed by atoms with van der Waals surface area (Å²) < 4.78 is 5.44. The Morgan fingerprint density at radius 1 is 1.27 bits per heavy atom. The molecule has 86 valence electrons. The van der Waals surface area contributed by atoms with Crippen molar-refractivity contribution in [1.29, 1.82) is 0 Å². The number of carboxylic acids is 1. The van der Waals surface area contributed by atoms with Gasteiger partial charge in [-0.05, 0) is 38.0 Å². The van der Waals surface area contributed by atoms with Crippen molar-refractivity contribution in [2.45, 2.75) is 44.2 Å². The Morgan fingerprint density at radius 3 is 2.80 bits per heavy atom. The maximum absolute atomic E-state index is 10.9. The van der Waals surface area contributed by atoms with Crippen LogP contribution in [0.3, 0.4) is 0 Å². The van der Waals surface area contributed by atoms with Crippen LogP contribution in [0.4, 0.5) is 0 Å². The molecular weight excluding hydrogens is 194 g/mol. The lowest BCUT2D eigenvalue weighted by Gasteiger charge is -2.36. The van der Waals surface area contributed by atoms with Crippen LogP contribution in [-0.4, -0.2) is 36.4 Å². The fourth-order valence-electron chi connectivity index (χ4n) is 2.62. The van der Waals surface area contributed by atoms with Crippen molar-refractivity contribution in [3.8, 4) is 0 Å². The van der Waals surface area contributed by atoms with Crippen molar-refractivity contribution < 1.29 is 14.6 Å². The summed E-state index contributed by atoms with van der Waals surface area (Å²) in [4.78, 5) is 10.9. The summed E-state index contributed by atoms with van der Waals surface area (Å²) in [5.41, 5.74) is 0. The smallest absolute Gasteiger partial charge is 0.320 e. The normalized spacial score (nSPS) is 37.5. The van der Waals surface area contributed by atoms with Gasteiger partial charge in [-0.15, -0.1) is 0 Å². The number of carboxylic acid groups (broad SMARTS) is 1. The molecule has 3 atom stereocenters. The van der Waals surface area contributed by atoms with Gasteiger partial charge in [-0.2, -0.15) is 0 Å². The van der Waals surface area contributed by atoms with E-state index in [2.05, 4.69) is 5.32 Å². The molecular formula is C11H19NO3. The van der Waals surface area contributed by atoms with E-state index in [0.717, 1.165) is 38.9 Å². The molecule has 0 saturated carbocycles. The summed E-state index contributed by atoms with van der Waals surface area (Å²) in [6.07, 6.45) is 5.16. The molecule has 2 fully saturated rings. The molecule has 2 aliphatic rings. The van der Waals surface area contributed by atoms with Gasteiger partial charge in [0.2, 0.25) is 0 Å². The monoisotopic (exact) mass is 213 g/mol. The average Bonchev–Trinajstić information content (AvgIpc) is 2.30. The molecule has 2 aliphatic heterocycles. The van der Waals surface area contributed by atoms with Gasteiger partial charge in [-0.3, -0.25) is 4.79 Å². The van der Waals surface area contributed by atoms with Gasteiger partial charge in [0.05, 0.1) is 6.61 Å². The predicted molar refractivity (Wildman–Crippen MR) is 55.7 cm³/mol. The van der Waals surface area contributed by atoms with Crippen LogP contribution in [0.1, 0.15) is 32.1 Å². The Bertz CT molecular complexity index is 226. The summed E-state index contributed by atoms with van der Waals surface area (Å²) in [5, 5.41) is 12.2. The van der Waals surface area contributed by atoms with E-state index >= 15 is 0 Å². The van der Waals surface area contributed by atoms with Crippen LogP contribution in [0.2, 0.25) is 0 Å². The van der Waals surface area contributed by atoms with E-state index in [0.29, 0.717) is 12.0 Å². The Balaban J connectivity index is 1.88. The molecule has 2 rings (SSSR count). The lowest BCUT2D eigenvalue weighted by molar-refractivity contribution is -0.140. The standard InChI is InChI=1S/C11H19NO3/c13-11(14)10-5-1-4-9(12-10)8-3-2-6-15-7-8/h8-10,12H,1-7H2,(H,13,14). The minimum absolute atomic E-state index is 0.342. The maximum atomic E-state index is 10.9. The fraction of sp³-hybridized carbons (Fsp3) is 0.909. The maximum Gasteiger partial charge on any atom is 0.320 e. The average molecular weight is 213 g/mol. The number of aliphatic carboxylic acids is 1. The van der Waals surface area contributed by atoms with Gasteiger partial charge < -0.3 is 15.2 Å². The Morgan fingerprint density at radius 2 is 2.13 bits per heavy atom. The third kappa shape index (κ3) is 2.69. The zero-order chi connectivity index (χ0) is 10.7. The van der Waals surface area contributed by atoms with Gasteiger partial charge in [0, 0.05) is 12.6 Å². The van der Waals surface area contributed by atoms with Gasteiger partial charge >= 0.3 is 5.97 Å². The number of ether oxygens (including phenoxy) is 1. The van der Waals surface area contributed by atoms with Crippen molar-refractivity contribution in [3.63, 3.8) is 0 Å². The first kappa shape index (κ1) is 10.9. The number of carbonyl (C=O) groups is 1. The van der Waals surface area contributed by atoms with Crippen LogP contribution in [0.25, 0.3) is 0 Å². The lowest BCUT2D eigenvalue weighted by Crippen LogP contribution is -2.51. The van der Waals surface area contributed by atoms with E-state index < -0.39 is 5.97 Å². The molecule has 4 heteroatoms. The molecule has 0 aromatic rings. The molecule has 3 unspecified atom stereocenters. The summed E-state index contributed by atoms with van der Waals surface area (Å²) in [7, 11) is 0. The van der Waals surface area contributed by atoms with Gasteiger partial charge in [0.1, 0.15) is 6.04 Å². The second-order valence-corrected chi connectivity index (χ2v) is 4.57. The highest BCUT2D eigenvalue weighted by Crippen LogP contribution is 2.24. The highest BCUT2D eigenvalue weighted by atomic mass is 16.5. The quantitative estimate of drug-likeness (QED) is 0.718. The summed E-state index contributed by atoms with van der Waals surface area (Å²) in [6, 6.07) is 0.00539. The topological polar surface area (TPSA) is 58.6 Å². The Labute approximate surface area is 90.0 Å². The first-order valence-corrected chi connectivity index (χ1v) is 5.84. The summed E-state index contributed by atoms with van der Waals surface area (Å²) in [5.74, 6) is -0.197. The third-order valence-corrected chi connectivity index (χ3v) is 3.49. The number of hydrogen-bond acceptors (Lipinski definition) is 3. The second kappa shape index (κ2) is 4.94. The molecule has 0 aromatic heterocycles. The summed E-state index contributed by atoms with van der Waals surface area (Å²) in [6.45, 7) is 1.66. The Kier molecular flexibility index (Phi) is 3.59. The molecule has 2 heterocycles. The van der Waals surface area contributed by atoms with Crippen LogP contribution in [0.5, 0.6) is 0 Å². The zero-order valence-electron chi connectivity index (χ0n) is 8.95. The fourth-order valence-corrected chi connectivity index (χ4v) is 2.62. The largest absolute Gasteiger partial charge is 0.480 e. The molecule has 0 spiro atoms. The zero-order valence-corrected chi connectivity index (χ0v) is 8.95. The van der Waals surface area contributed by atoms with E-state index in [4.69, 9.17) is 9.84 Å². The number of hydrogen-bond donors (Lipinski definition) is 2. The van der Waals surface area contributed by atoms with E-state index in [9.17, 15) is 4.79 Å². The van der Waals surface area contributed by atoms with Gasteiger partial charge in [0.15, 0.2) is 0 Å². The highest BCUT2D eigenvalue weighted by Gasteiger charge is 2.31. The van der Waals surface area contributed by atoms with Crippen LogP contribution in [0.15, 0.2) is 0 Å². The molecule has 15 heavy (non-hydrogen) atoms. The number of rotatable bonds is 2. The second-order valence-electron chi connectivity index (χ2n) is 4.57. The third-order valence-electron chi connectivity index (χ3n) is 3.49. The number of nitrogens with one attached hydrogen (secondary N) is 1. The van der Waals surface area contributed by atoms with Crippen molar-refractivity contribution >= 4 is 5.97 Å². The SMILES string of the molecule is O=C(O)C1CCCC(C2CCCOC2)N1. The first-order chi connectivity index (χ1) is 7.27.